The number of anilines is 4. The van der Waals surface area contributed by atoms with Gasteiger partial charge in [-0.25, -0.2) is 0 Å². The number of pyridine rings is 2. The van der Waals surface area contributed by atoms with Gasteiger partial charge in [-0.1, -0.05) is 0 Å². The fourth-order valence-electron chi connectivity index (χ4n) is 4.88. The number of aromatic nitrogens is 2. The Morgan fingerprint density at radius 2 is 1.67 bits per heavy atom. The molecule has 4 heterocycles. The maximum absolute atomic E-state index is 13.2. The highest BCUT2D eigenvalue weighted by Crippen LogP contribution is 2.23. The number of benzene rings is 1. The lowest BCUT2D eigenvalue weighted by molar-refractivity contribution is 0.102. The Kier molecular flexibility index (Phi) is 7.18. The van der Waals surface area contributed by atoms with Crippen molar-refractivity contribution in [2.75, 3.05) is 66.7 Å². The number of amides is 1. The first-order valence-corrected chi connectivity index (χ1v) is 12.5. The molecule has 0 bridgehead atoms. The molecule has 5 rings (SSSR count). The van der Waals surface area contributed by atoms with E-state index in [0.717, 1.165) is 63.5 Å². The maximum Gasteiger partial charge on any atom is 0.263 e. The van der Waals surface area contributed by atoms with Crippen molar-refractivity contribution in [2.24, 2.45) is 0 Å². The fraction of sp³-hybridized carbons (Fsp3) is 0.370. The van der Waals surface area contributed by atoms with Crippen LogP contribution in [0.25, 0.3) is 0 Å². The number of hydrogen-bond acceptors (Lipinski definition) is 7. The molecule has 36 heavy (non-hydrogen) atoms. The van der Waals surface area contributed by atoms with Gasteiger partial charge in [0, 0.05) is 69.1 Å². The van der Waals surface area contributed by atoms with E-state index in [4.69, 9.17) is 0 Å². The third-order valence-electron chi connectivity index (χ3n) is 7.05. The zero-order chi connectivity index (χ0) is 24.9. The minimum atomic E-state index is -0.417. The molecule has 9 nitrogen and oxygen atoms in total. The second kappa shape index (κ2) is 10.8. The Morgan fingerprint density at radius 3 is 2.36 bits per heavy atom. The predicted molar refractivity (Wildman–Crippen MR) is 144 cm³/mol. The van der Waals surface area contributed by atoms with E-state index in [0.29, 0.717) is 11.4 Å². The predicted octanol–water partition coefficient (Wildman–Crippen LogP) is 2.85. The summed E-state index contributed by atoms with van der Waals surface area (Å²) in [6.45, 7) is 5.80. The van der Waals surface area contributed by atoms with Gasteiger partial charge >= 0.3 is 0 Å². The number of nitrogens with zero attached hydrogens (tertiary/aromatic N) is 4. The van der Waals surface area contributed by atoms with E-state index in [9.17, 15) is 9.59 Å². The molecule has 2 aliphatic heterocycles. The van der Waals surface area contributed by atoms with Crippen LogP contribution in [0.5, 0.6) is 0 Å². The second-order valence-corrected chi connectivity index (χ2v) is 9.50. The van der Waals surface area contributed by atoms with E-state index in [-0.39, 0.29) is 11.6 Å². The van der Waals surface area contributed by atoms with Crippen LogP contribution >= 0.6 is 0 Å². The summed E-state index contributed by atoms with van der Waals surface area (Å²) in [4.78, 5) is 39.6. The van der Waals surface area contributed by atoms with Crippen LogP contribution in [0.2, 0.25) is 0 Å². The van der Waals surface area contributed by atoms with Crippen molar-refractivity contribution in [3.8, 4) is 0 Å². The SMILES string of the molecule is CN1CCN(c2ccc(NC(=O)c3c(NC4CCN(c5cccnc5)CC4)cc[nH]c3=O)cc2)CC1. The number of carbonyl (C=O) groups excluding carboxylic acids is 1. The molecule has 3 N–H and O–H groups in total. The third-order valence-corrected chi connectivity index (χ3v) is 7.05. The Hall–Kier alpha value is -3.85. The van der Waals surface area contributed by atoms with Gasteiger partial charge in [0.05, 0.1) is 17.6 Å². The van der Waals surface area contributed by atoms with Gasteiger partial charge in [0.1, 0.15) is 5.56 Å². The Balaban J connectivity index is 1.22. The highest BCUT2D eigenvalue weighted by atomic mass is 16.2. The van der Waals surface area contributed by atoms with E-state index < -0.39 is 11.5 Å². The Labute approximate surface area is 211 Å². The van der Waals surface area contributed by atoms with Crippen LogP contribution in [0.15, 0.2) is 65.8 Å². The zero-order valence-electron chi connectivity index (χ0n) is 20.6. The van der Waals surface area contributed by atoms with Gasteiger partial charge in [-0.05, 0) is 62.4 Å². The van der Waals surface area contributed by atoms with Crippen molar-refractivity contribution < 1.29 is 4.79 Å². The van der Waals surface area contributed by atoms with Gasteiger partial charge in [-0.15, -0.1) is 0 Å². The summed E-state index contributed by atoms with van der Waals surface area (Å²) in [6, 6.07) is 13.8. The molecule has 0 unspecified atom stereocenters. The molecular formula is C27H33N7O2. The average Bonchev–Trinajstić information content (AvgIpc) is 2.91. The first-order valence-electron chi connectivity index (χ1n) is 12.5. The quantitative estimate of drug-likeness (QED) is 0.492. The maximum atomic E-state index is 13.2. The molecule has 0 aliphatic carbocycles. The van der Waals surface area contributed by atoms with Gasteiger partial charge in [-0.2, -0.15) is 0 Å². The van der Waals surface area contributed by atoms with Gasteiger partial charge < -0.3 is 30.3 Å². The van der Waals surface area contributed by atoms with Crippen LogP contribution in [-0.4, -0.2) is 73.1 Å². The largest absolute Gasteiger partial charge is 0.381 e. The number of rotatable bonds is 6. The van der Waals surface area contributed by atoms with Crippen LogP contribution in [0, 0.1) is 0 Å². The van der Waals surface area contributed by atoms with Crippen molar-refractivity contribution in [1.82, 2.24) is 14.9 Å². The first-order chi connectivity index (χ1) is 17.6. The number of likely N-dealkylation sites (N-methyl/N-ethyl adjacent to an activating group) is 1. The molecule has 9 heteroatoms. The van der Waals surface area contributed by atoms with Gasteiger partial charge in [0.25, 0.3) is 11.5 Å². The van der Waals surface area contributed by atoms with Crippen LogP contribution in [-0.2, 0) is 0 Å². The van der Waals surface area contributed by atoms with E-state index in [1.54, 1.807) is 18.5 Å². The van der Waals surface area contributed by atoms with Gasteiger partial charge in [0.15, 0.2) is 0 Å². The van der Waals surface area contributed by atoms with E-state index in [1.165, 1.54) is 0 Å². The molecule has 2 aromatic heterocycles. The highest BCUT2D eigenvalue weighted by molar-refractivity contribution is 6.07. The van der Waals surface area contributed by atoms with Crippen molar-refractivity contribution in [3.05, 3.63) is 77.0 Å². The van der Waals surface area contributed by atoms with Crippen molar-refractivity contribution >= 4 is 28.7 Å². The van der Waals surface area contributed by atoms with Crippen LogP contribution in [0.4, 0.5) is 22.7 Å². The lowest BCUT2D eigenvalue weighted by Crippen LogP contribution is -2.44. The number of aromatic amines is 1. The molecule has 1 aromatic carbocycles. The minimum Gasteiger partial charge on any atom is -0.381 e. The molecule has 1 amide bonds. The highest BCUT2D eigenvalue weighted by Gasteiger charge is 2.23. The second-order valence-electron chi connectivity index (χ2n) is 9.50. The van der Waals surface area contributed by atoms with Gasteiger partial charge in [-0.3, -0.25) is 14.6 Å². The number of hydrogen-bond donors (Lipinski definition) is 3. The zero-order valence-corrected chi connectivity index (χ0v) is 20.6. The monoisotopic (exact) mass is 487 g/mol. The van der Waals surface area contributed by atoms with E-state index in [1.807, 2.05) is 36.5 Å². The number of piperidine rings is 1. The van der Waals surface area contributed by atoms with Crippen LogP contribution in [0.1, 0.15) is 23.2 Å². The Morgan fingerprint density at radius 1 is 0.944 bits per heavy atom. The topological polar surface area (TPSA) is 96.6 Å². The summed E-state index contributed by atoms with van der Waals surface area (Å²) >= 11 is 0. The molecule has 0 radical (unpaired) electrons. The minimum absolute atomic E-state index is 0.107. The van der Waals surface area contributed by atoms with E-state index in [2.05, 4.69) is 48.4 Å². The number of carbonyl (C=O) groups is 1. The summed E-state index contributed by atoms with van der Waals surface area (Å²) in [5, 5.41) is 6.35. The fourth-order valence-corrected chi connectivity index (χ4v) is 4.88. The summed E-state index contributed by atoms with van der Waals surface area (Å²) in [6.07, 6.45) is 7.04. The first kappa shape index (κ1) is 23.9. The molecule has 0 saturated carbocycles. The smallest absolute Gasteiger partial charge is 0.263 e. The number of H-pyrrole nitrogens is 1. The van der Waals surface area contributed by atoms with Gasteiger partial charge in [0.2, 0.25) is 0 Å². The molecule has 2 aliphatic rings. The van der Waals surface area contributed by atoms with Crippen LogP contribution in [0.3, 0.4) is 0 Å². The molecule has 3 aromatic rings. The summed E-state index contributed by atoms with van der Waals surface area (Å²) in [7, 11) is 2.13. The molecule has 0 spiro atoms. The normalized spacial score (nSPS) is 17.1. The number of piperazine rings is 1. The van der Waals surface area contributed by atoms with Crippen molar-refractivity contribution in [3.63, 3.8) is 0 Å². The van der Waals surface area contributed by atoms with E-state index >= 15 is 0 Å². The molecular weight excluding hydrogens is 454 g/mol. The van der Waals surface area contributed by atoms with Crippen LogP contribution < -0.4 is 26.0 Å². The molecule has 188 valence electrons. The molecule has 2 saturated heterocycles. The third kappa shape index (κ3) is 5.52. The number of nitrogens with one attached hydrogen (secondary N) is 3. The molecule has 2 fully saturated rings. The summed E-state index contributed by atoms with van der Waals surface area (Å²) < 4.78 is 0. The summed E-state index contributed by atoms with van der Waals surface area (Å²) in [5.74, 6) is -0.417. The lowest BCUT2D eigenvalue weighted by Gasteiger charge is -2.34. The summed E-state index contributed by atoms with van der Waals surface area (Å²) in [5.41, 5.74) is 3.18. The average molecular weight is 488 g/mol. The molecule has 0 atom stereocenters. The van der Waals surface area contributed by atoms with Crippen molar-refractivity contribution in [1.29, 1.82) is 0 Å². The lowest BCUT2D eigenvalue weighted by atomic mass is 10.0. The van der Waals surface area contributed by atoms with Crippen molar-refractivity contribution in [2.45, 2.75) is 18.9 Å². The standard InChI is InChI=1S/C27H33N7O2/c1-32-15-17-34(18-16-32)22-6-4-20(5-7-22)31-27(36)25-24(8-12-29-26(25)35)30-21-9-13-33(14-10-21)23-3-2-11-28-19-23/h2-8,11-12,19,21H,9-10,13-18H2,1H3,(H,31,36)(H2,29,30,35). The Bertz CT molecular complexity index is 1210.